The molecule has 1 amide bonds. The number of carbonyl (C=O) groups excluding carboxylic acids is 1. The number of rotatable bonds is 4. The molecule has 8 heteroatoms. The van der Waals surface area contributed by atoms with Crippen molar-refractivity contribution in [2.24, 2.45) is 5.10 Å². The van der Waals surface area contributed by atoms with Gasteiger partial charge in [0, 0.05) is 12.1 Å². The molecule has 2 aromatic carbocycles. The van der Waals surface area contributed by atoms with E-state index in [9.17, 15) is 19.7 Å². The van der Waals surface area contributed by atoms with Crippen LogP contribution in [0.2, 0.25) is 0 Å². The quantitative estimate of drug-likeness (QED) is 0.516. The van der Waals surface area contributed by atoms with Crippen molar-refractivity contribution in [3.05, 3.63) is 75.3 Å². The first-order chi connectivity index (χ1) is 12.4. The van der Waals surface area contributed by atoms with Gasteiger partial charge in [0.05, 0.1) is 27.5 Å². The predicted octanol–water partition coefficient (Wildman–Crippen LogP) is 3.10. The number of carbonyl (C=O) groups is 2. The highest BCUT2D eigenvalue weighted by Gasteiger charge is 2.29. The molecule has 0 aromatic heterocycles. The molecule has 0 unspecified atom stereocenters. The average Bonchev–Trinajstić information content (AvgIpc) is 2.90. The molecular weight excluding hydrogens is 338 g/mol. The van der Waals surface area contributed by atoms with Gasteiger partial charge >= 0.3 is 5.97 Å². The SMILES string of the molecule is CC1=NN(c2cccc(C(=O)O)c2)C(=O)C1=Cc1cccc([N+](=O)[O-])c1. The van der Waals surface area contributed by atoms with Crippen molar-refractivity contribution in [1.82, 2.24) is 0 Å². The van der Waals surface area contributed by atoms with E-state index in [0.717, 1.165) is 5.01 Å². The second-order valence-corrected chi connectivity index (χ2v) is 5.57. The highest BCUT2D eigenvalue weighted by molar-refractivity contribution is 6.32. The molecule has 0 atom stereocenters. The number of non-ortho nitro benzene ring substituents is 1. The first-order valence-corrected chi connectivity index (χ1v) is 7.56. The zero-order valence-electron chi connectivity index (χ0n) is 13.6. The molecule has 0 spiro atoms. The molecule has 0 bridgehead atoms. The number of carboxylic acid groups (broad SMARTS) is 1. The average molecular weight is 351 g/mol. The lowest BCUT2D eigenvalue weighted by atomic mass is 10.1. The number of nitro groups is 1. The normalized spacial score (nSPS) is 15.3. The van der Waals surface area contributed by atoms with E-state index in [1.807, 2.05) is 0 Å². The van der Waals surface area contributed by atoms with Crippen LogP contribution >= 0.6 is 0 Å². The molecule has 0 fully saturated rings. The summed E-state index contributed by atoms with van der Waals surface area (Å²) in [4.78, 5) is 34.2. The molecule has 130 valence electrons. The molecule has 0 radical (unpaired) electrons. The molecule has 1 heterocycles. The number of aromatic carboxylic acids is 1. The van der Waals surface area contributed by atoms with Gasteiger partial charge in [-0.25, -0.2) is 4.79 Å². The summed E-state index contributed by atoms with van der Waals surface area (Å²) < 4.78 is 0. The molecule has 1 aliphatic heterocycles. The number of carboxylic acids is 1. The van der Waals surface area contributed by atoms with Gasteiger partial charge in [0.2, 0.25) is 0 Å². The smallest absolute Gasteiger partial charge is 0.335 e. The van der Waals surface area contributed by atoms with Crippen LogP contribution in [0.3, 0.4) is 0 Å². The monoisotopic (exact) mass is 351 g/mol. The molecule has 26 heavy (non-hydrogen) atoms. The summed E-state index contributed by atoms with van der Waals surface area (Å²) in [5, 5.41) is 25.3. The maximum Gasteiger partial charge on any atom is 0.335 e. The standard InChI is InChI=1S/C18H13N3O5/c1-11-16(9-12-4-2-7-15(8-12)21(25)26)17(22)20(19-11)14-6-3-5-13(10-14)18(23)24/h2-10H,1H3,(H,23,24). The summed E-state index contributed by atoms with van der Waals surface area (Å²) in [5.74, 6) is -1.54. The Kier molecular flexibility index (Phi) is 4.32. The summed E-state index contributed by atoms with van der Waals surface area (Å²) in [6.45, 7) is 1.64. The van der Waals surface area contributed by atoms with Crippen molar-refractivity contribution in [2.45, 2.75) is 6.92 Å². The molecule has 3 rings (SSSR count). The van der Waals surface area contributed by atoms with E-state index in [1.54, 1.807) is 19.1 Å². The lowest BCUT2D eigenvalue weighted by molar-refractivity contribution is -0.384. The Morgan fingerprint density at radius 2 is 1.96 bits per heavy atom. The molecule has 1 N–H and O–H groups in total. The van der Waals surface area contributed by atoms with Crippen LogP contribution in [0, 0.1) is 10.1 Å². The molecule has 2 aromatic rings. The van der Waals surface area contributed by atoms with E-state index in [1.165, 1.54) is 42.5 Å². The van der Waals surface area contributed by atoms with E-state index < -0.39 is 16.8 Å². The minimum atomic E-state index is -1.11. The number of nitro benzene ring substituents is 1. The van der Waals surface area contributed by atoms with Crippen molar-refractivity contribution in [2.75, 3.05) is 5.01 Å². The highest BCUT2D eigenvalue weighted by atomic mass is 16.6. The van der Waals surface area contributed by atoms with Crippen LogP contribution in [0.15, 0.2) is 59.2 Å². The van der Waals surface area contributed by atoms with Gasteiger partial charge in [-0.15, -0.1) is 0 Å². The van der Waals surface area contributed by atoms with Gasteiger partial charge in [-0.3, -0.25) is 14.9 Å². The number of hydrazone groups is 1. The summed E-state index contributed by atoms with van der Waals surface area (Å²) in [6.07, 6.45) is 1.52. The first kappa shape index (κ1) is 17.0. The summed E-state index contributed by atoms with van der Waals surface area (Å²) >= 11 is 0. The van der Waals surface area contributed by atoms with Gasteiger partial charge in [-0.2, -0.15) is 10.1 Å². The Morgan fingerprint density at radius 1 is 1.23 bits per heavy atom. The van der Waals surface area contributed by atoms with Crippen LogP contribution < -0.4 is 5.01 Å². The van der Waals surface area contributed by atoms with Gasteiger partial charge in [0.15, 0.2) is 0 Å². The maximum absolute atomic E-state index is 12.7. The zero-order chi connectivity index (χ0) is 18.8. The van der Waals surface area contributed by atoms with Crippen LogP contribution in [-0.2, 0) is 4.79 Å². The zero-order valence-corrected chi connectivity index (χ0v) is 13.6. The Hall–Kier alpha value is -3.81. The van der Waals surface area contributed by atoms with Crippen molar-refractivity contribution in [3.63, 3.8) is 0 Å². The van der Waals surface area contributed by atoms with Crippen LogP contribution in [0.5, 0.6) is 0 Å². The van der Waals surface area contributed by atoms with Crippen LogP contribution in [0.4, 0.5) is 11.4 Å². The highest BCUT2D eigenvalue weighted by Crippen LogP contribution is 2.26. The van der Waals surface area contributed by atoms with Gasteiger partial charge < -0.3 is 5.11 Å². The summed E-state index contributed by atoms with van der Waals surface area (Å²) in [7, 11) is 0. The molecular formula is C18H13N3O5. The third-order valence-electron chi connectivity index (χ3n) is 3.79. The molecule has 8 nitrogen and oxygen atoms in total. The molecule has 1 aliphatic rings. The van der Waals surface area contributed by atoms with Gasteiger partial charge in [0.25, 0.3) is 11.6 Å². The minimum absolute atomic E-state index is 0.0410. The van der Waals surface area contributed by atoms with Crippen LogP contribution in [-0.4, -0.2) is 27.6 Å². The lowest BCUT2D eigenvalue weighted by Gasteiger charge is -2.12. The van der Waals surface area contributed by atoms with Crippen LogP contribution in [0.25, 0.3) is 6.08 Å². The van der Waals surface area contributed by atoms with E-state index >= 15 is 0 Å². The Balaban J connectivity index is 1.96. The van der Waals surface area contributed by atoms with Gasteiger partial charge in [0.1, 0.15) is 0 Å². The number of hydrogen-bond donors (Lipinski definition) is 1. The van der Waals surface area contributed by atoms with E-state index in [2.05, 4.69) is 5.10 Å². The fraction of sp³-hybridized carbons (Fsp3) is 0.0556. The first-order valence-electron chi connectivity index (χ1n) is 7.56. The van der Waals surface area contributed by atoms with E-state index in [0.29, 0.717) is 17.0 Å². The van der Waals surface area contributed by atoms with Crippen molar-refractivity contribution < 1.29 is 19.6 Å². The third kappa shape index (κ3) is 3.20. The second-order valence-electron chi connectivity index (χ2n) is 5.57. The number of anilines is 1. The topological polar surface area (TPSA) is 113 Å². The number of amides is 1. The second kappa shape index (κ2) is 6.60. The van der Waals surface area contributed by atoms with E-state index in [4.69, 9.17) is 5.11 Å². The fourth-order valence-corrected chi connectivity index (χ4v) is 2.52. The largest absolute Gasteiger partial charge is 0.478 e. The fourth-order valence-electron chi connectivity index (χ4n) is 2.52. The number of nitrogens with zero attached hydrogens (tertiary/aromatic N) is 3. The van der Waals surface area contributed by atoms with Crippen molar-refractivity contribution in [3.8, 4) is 0 Å². The number of benzene rings is 2. The summed E-state index contributed by atoms with van der Waals surface area (Å²) in [6, 6.07) is 11.8. The predicted molar refractivity (Wildman–Crippen MR) is 95.1 cm³/mol. The third-order valence-corrected chi connectivity index (χ3v) is 3.79. The molecule has 0 saturated carbocycles. The number of hydrogen-bond acceptors (Lipinski definition) is 5. The minimum Gasteiger partial charge on any atom is -0.478 e. The van der Waals surface area contributed by atoms with Crippen molar-refractivity contribution >= 4 is 35.0 Å². The van der Waals surface area contributed by atoms with Gasteiger partial charge in [-0.05, 0) is 36.8 Å². The lowest BCUT2D eigenvalue weighted by Crippen LogP contribution is -2.21. The molecule has 0 saturated heterocycles. The maximum atomic E-state index is 12.7. The molecule has 0 aliphatic carbocycles. The Bertz CT molecular complexity index is 994. The van der Waals surface area contributed by atoms with Crippen LogP contribution in [0.1, 0.15) is 22.8 Å². The Morgan fingerprint density at radius 3 is 2.65 bits per heavy atom. The van der Waals surface area contributed by atoms with Gasteiger partial charge in [-0.1, -0.05) is 18.2 Å². The van der Waals surface area contributed by atoms with E-state index in [-0.39, 0.29) is 16.8 Å². The Labute approximate surface area is 147 Å². The summed E-state index contributed by atoms with van der Waals surface area (Å²) in [5.41, 5.74) is 1.51. The van der Waals surface area contributed by atoms with Crippen molar-refractivity contribution in [1.29, 1.82) is 0 Å².